The Morgan fingerprint density at radius 3 is 2.54 bits per heavy atom. The molecule has 0 aliphatic rings. The van der Waals surface area contributed by atoms with E-state index in [1.165, 1.54) is 16.7 Å². The molecule has 0 amide bonds. The molecular weight excluding hydrogens is 182 g/mol. The van der Waals surface area contributed by atoms with Crippen LogP contribution in [0.15, 0.2) is 12.1 Å². The lowest BCUT2D eigenvalue weighted by molar-refractivity contribution is 0.791. The minimum Gasteiger partial charge on any atom is -0.319 e. The Labute approximate surface area is 85.1 Å². The molecule has 0 atom stereocenters. The van der Waals surface area contributed by atoms with Crippen molar-refractivity contribution in [3.05, 3.63) is 33.8 Å². The van der Waals surface area contributed by atoms with Gasteiger partial charge in [-0.05, 0) is 56.6 Å². The highest BCUT2D eigenvalue weighted by molar-refractivity contribution is 6.31. The molecule has 2 heteroatoms. The molecule has 0 spiro atoms. The molecule has 0 bridgehead atoms. The maximum atomic E-state index is 6.08. The van der Waals surface area contributed by atoms with Crippen molar-refractivity contribution in [3.8, 4) is 0 Å². The van der Waals surface area contributed by atoms with Crippen LogP contribution in [0.5, 0.6) is 0 Å². The Hall–Kier alpha value is -0.530. The summed E-state index contributed by atoms with van der Waals surface area (Å²) in [6, 6.07) is 4.26. The van der Waals surface area contributed by atoms with Crippen molar-refractivity contribution < 1.29 is 0 Å². The largest absolute Gasteiger partial charge is 0.319 e. The zero-order chi connectivity index (χ0) is 9.84. The predicted molar refractivity (Wildman–Crippen MR) is 58.6 cm³/mol. The molecule has 0 fully saturated rings. The van der Waals surface area contributed by atoms with E-state index in [0.717, 1.165) is 18.0 Å². The number of likely N-dealkylation sites (N-methyl/N-ethyl adjacent to an activating group) is 1. The monoisotopic (exact) mass is 197 g/mol. The first-order valence-electron chi connectivity index (χ1n) is 4.55. The Morgan fingerprint density at radius 2 is 2.00 bits per heavy atom. The summed E-state index contributed by atoms with van der Waals surface area (Å²) in [6.07, 6.45) is 1.04. The van der Waals surface area contributed by atoms with Gasteiger partial charge in [-0.1, -0.05) is 17.7 Å². The van der Waals surface area contributed by atoms with Gasteiger partial charge in [0.15, 0.2) is 0 Å². The highest BCUT2D eigenvalue weighted by Crippen LogP contribution is 2.21. The lowest BCUT2D eigenvalue weighted by atomic mass is 10.0. The molecule has 0 aliphatic carbocycles. The van der Waals surface area contributed by atoms with Gasteiger partial charge in [-0.3, -0.25) is 0 Å². The van der Waals surface area contributed by atoms with E-state index in [1.807, 2.05) is 7.05 Å². The summed E-state index contributed by atoms with van der Waals surface area (Å²) in [4.78, 5) is 0. The van der Waals surface area contributed by atoms with E-state index >= 15 is 0 Å². The summed E-state index contributed by atoms with van der Waals surface area (Å²) in [7, 11) is 1.96. The summed E-state index contributed by atoms with van der Waals surface area (Å²) in [5.74, 6) is 0. The van der Waals surface area contributed by atoms with Gasteiger partial charge in [-0.2, -0.15) is 0 Å². The molecule has 0 aromatic heterocycles. The van der Waals surface area contributed by atoms with Crippen molar-refractivity contribution in [2.24, 2.45) is 0 Å². The van der Waals surface area contributed by atoms with Crippen LogP contribution < -0.4 is 5.32 Å². The van der Waals surface area contributed by atoms with Crippen LogP contribution in [-0.4, -0.2) is 13.6 Å². The van der Waals surface area contributed by atoms with E-state index in [0.29, 0.717) is 0 Å². The van der Waals surface area contributed by atoms with E-state index in [9.17, 15) is 0 Å². The van der Waals surface area contributed by atoms with Crippen molar-refractivity contribution in [2.75, 3.05) is 13.6 Å². The minimum atomic E-state index is 0.881. The zero-order valence-electron chi connectivity index (χ0n) is 8.45. The zero-order valence-corrected chi connectivity index (χ0v) is 9.20. The van der Waals surface area contributed by atoms with Gasteiger partial charge in [0, 0.05) is 5.02 Å². The van der Waals surface area contributed by atoms with Gasteiger partial charge in [0.1, 0.15) is 0 Å². The van der Waals surface area contributed by atoms with Gasteiger partial charge in [0.25, 0.3) is 0 Å². The van der Waals surface area contributed by atoms with Crippen LogP contribution in [0.3, 0.4) is 0 Å². The lowest BCUT2D eigenvalue weighted by Gasteiger charge is -2.07. The molecule has 13 heavy (non-hydrogen) atoms. The van der Waals surface area contributed by atoms with Gasteiger partial charge in [-0.15, -0.1) is 0 Å². The van der Waals surface area contributed by atoms with Crippen LogP contribution >= 0.6 is 11.6 Å². The third-order valence-corrected chi connectivity index (χ3v) is 2.72. The Bertz CT molecular complexity index is 271. The van der Waals surface area contributed by atoms with E-state index in [2.05, 4.69) is 31.3 Å². The topological polar surface area (TPSA) is 12.0 Å². The molecule has 1 N–H and O–H groups in total. The van der Waals surface area contributed by atoms with Gasteiger partial charge in [0.2, 0.25) is 0 Å². The molecule has 72 valence electrons. The molecule has 0 saturated heterocycles. The van der Waals surface area contributed by atoms with Crippen LogP contribution in [0, 0.1) is 13.8 Å². The summed E-state index contributed by atoms with van der Waals surface area (Å²) in [6.45, 7) is 5.16. The fraction of sp³-hybridized carbons (Fsp3) is 0.455. The van der Waals surface area contributed by atoms with Crippen molar-refractivity contribution >= 4 is 11.6 Å². The molecule has 1 aromatic carbocycles. The molecule has 0 saturated carbocycles. The number of nitrogens with one attached hydrogen (secondary N) is 1. The first kappa shape index (κ1) is 10.6. The van der Waals surface area contributed by atoms with Crippen LogP contribution in [0.2, 0.25) is 5.02 Å². The van der Waals surface area contributed by atoms with Gasteiger partial charge < -0.3 is 5.32 Å². The lowest BCUT2D eigenvalue weighted by Crippen LogP contribution is -2.10. The standard InChI is InChI=1S/C11H16ClN/c1-8-6-10(4-5-13-3)7-11(12)9(8)2/h6-7,13H,4-5H2,1-3H3. The molecular formula is C11H16ClN. The number of aryl methyl sites for hydroxylation is 1. The van der Waals surface area contributed by atoms with Crippen LogP contribution in [0.1, 0.15) is 16.7 Å². The molecule has 1 rings (SSSR count). The summed E-state index contributed by atoms with van der Waals surface area (Å²) in [5, 5.41) is 4.01. The highest BCUT2D eigenvalue weighted by atomic mass is 35.5. The molecule has 0 heterocycles. The first-order chi connectivity index (χ1) is 6.15. The Morgan fingerprint density at radius 1 is 1.31 bits per heavy atom. The summed E-state index contributed by atoms with van der Waals surface area (Å²) in [5.41, 5.74) is 3.77. The molecule has 1 nitrogen and oxygen atoms in total. The number of benzene rings is 1. The number of rotatable bonds is 3. The second-order valence-corrected chi connectivity index (χ2v) is 3.78. The maximum Gasteiger partial charge on any atom is 0.0440 e. The number of hydrogen-bond donors (Lipinski definition) is 1. The quantitative estimate of drug-likeness (QED) is 0.786. The van der Waals surface area contributed by atoms with Gasteiger partial charge in [0.05, 0.1) is 0 Å². The van der Waals surface area contributed by atoms with E-state index in [1.54, 1.807) is 0 Å². The number of hydrogen-bond acceptors (Lipinski definition) is 1. The average Bonchev–Trinajstić information content (AvgIpc) is 2.10. The smallest absolute Gasteiger partial charge is 0.0440 e. The van der Waals surface area contributed by atoms with Gasteiger partial charge >= 0.3 is 0 Å². The fourth-order valence-corrected chi connectivity index (χ4v) is 1.59. The van der Waals surface area contributed by atoms with Crippen molar-refractivity contribution in [1.82, 2.24) is 5.32 Å². The van der Waals surface area contributed by atoms with Crippen LogP contribution in [0.25, 0.3) is 0 Å². The molecule has 0 radical (unpaired) electrons. The fourth-order valence-electron chi connectivity index (χ4n) is 1.30. The molecule has 0 aliphatic heterocycles. The van der Waals surface area contributed by atoms with E-state index in [4.69, 9.17) is 11.6 Å². The number of halogens is 1. The second kappa shape index (κ2) is 4.64. The normalized spacial score (nSPS) is 10.5. The van der Waals surface area contributed by atoms with Crippen molar-refractivity contribution in [1.29, 1.82) is 0 Å². The van der Waals surface area contributed by atoms with Crippen molar-refractivity contribution in [2.45, 2.75) is 20.3 Å². The van der Waals surface area contributed by atoms with Crippen molar-refractivity contribution in [3.63, 3.8) is 0 Å². The summed E-state index contributed by atoms with van der Waals surface area (Å²) >= 11 is 6.08. The summed E-state index contributed by atoms with van der Waals surface area (Å²) < 4.78 is 0. The average molecular weight is 198 g/mol. The van der Waals surface area contributed by atoms with E-state index in [-0.39, 0.29) is 0 Å². The van der Waals surface area contributed by atoms with Gasteiger partial charge in [-0.25, -0.2) is 0 Å². The molecule has 0 unspecified atom stereocenters. The highest BCUT2D eigenvalue weighted by Gasteiger charge is 2.01. The Balaban J connectivity index is 2.86. The third-order valence-electron chi connectivity index (χ3n) is 2.33. The third kappa shape index (κ3) is 2.71. The van der Waals surface area contributed by atoms with Crippen LogP contribution in [-0.2, 0) is 6.42 Å². The Kier molecular flexibility index (Phi) is 3.76. The second-order valence-electron chi connectivity index (χ2n) is 3.37. The predicted octanol–water partition coefficient (Wildman–Crippen LogP) is 2.72. The minimum absolute atomic E-state index is 0.881. The molecule has 1 aromatic rings. The van der Waals surface area contributed by atoms with Crippen LogP contribution in [0.4, 0.5) is 0 Å². The first-order valence-corrected chi connectivity index (χ1v) is 4.93. The van der Waals surface area contributed by atoms with E-state index < -0.39 is 0 Å². The maximum absolute atomic E-state index is 6.08. The SMILES string of the molecule is CNCCc1cc(C)c(C)c(Cl)c1.